The van der Waals surface area contributed by atoms with Crippen LogP contribution in [-0.4, -0.2) is 0 Å². The Morgan fingerprint density at radius 3 is 1.00 bits per heavy atom. The van der Waals surface area contributed by atoms with Gasteiger partial charge in [-0.25, -0.2) is 0 Å². The van der Waals surface area contributed by atoms with Crippen molar-refractivity contribution >= 4 is 43.2 Å². The minimum absolute atomic E-state index is 0.816. The minimum atomic E-state index is -0.816. The fraction of sp³-hybridized carbons (Fsp3) is 0. The molecule has 0 bridgehead atoms. The summed E-state index contributed by atoms with van der Waals surface area (Å²) in [4.78, 5) is 0. The van der Waals surface area contributed by atoms with E-state index < -0.39 is 17.7 Å². The van der Waals surface area contributed by atoms with Gasteiger partial charge in [-0.15, -0.1) is 0 Å². The SMILES string of the molecule is [I][Th]([I])[I]. The van der Waals surface area contributed by atoms with Crippen molar-refractivity contribution in [1.29, 1.82) is 0 Å². The van der Waals surface area contributed by atoms with E-state index in [9.17, 15) is 0 Å². The van der Waals surface area contributed by atoms with E-state index in [1.165, 1.54) is 0 Å². The molecule has 0 atom stereocenters. The average Bonchev–Trinajstić information content (AvgIpc) is 0.811. The number of hydrogen-bond donors (Lipinski definition) is 0. The first-order chi connectivity index (χ1) is 1.73. The molecule has 0 heterocycles. The molecule has 0 unspecified atom stereocenters. The fourth-order valence-corrected chi connectivity index (χ4v) is 0. The van der Waals surface area contributed by atoms with Crippen molar-refractivity contribution in [2.24, 2.45) is 0 Å². The van der Waals surface area contributed by atoms with Crippen molar-refractivity contribution in [3.63, 3.8) is 0 Å². The van der Waals surface area contributed by atoms with Crippen LogP contribution >= 0.6 is 43.2 Å². The topological polar surface area (TPSA) is 0 Å². The standard InChI is InChI=1S/3HI.Th/h3*1H;/q;;;+3/p-3. The molecule has 0 aromatic carbocycles. The van der Waals surface area contributed by atoms with Crippen molar-refractivity contribution in [2.75, 3.05) is 0 Å². The normalized spacial score (nSPS) is 6.75. The first-order valence-electron chi connectivity index (χ1n) is 0.567. The molecule has 0 aromatic rings. The van der Waals surface area contributed by atoms with E-state index >= 15 is 0 Å². The number of hydrogen-bond acceptors (Lipinski definition) is 0. The predicted molar refractivity (Wildman–Crippen MR) is 42.1 cm³/mol. The summed E-state index contributed by atoms with van der Waals surface area (Å²) >= 11 is 6.80. The van der Waals surface area contributed by atoms with Crippen molar-refractivity contribution in [2.45, 2.75) is 0 Å². The van der Waals surface area contributed by atoms with E-state index in [4.69, 9.17) is 0 Å². The Labute approximate surface area is 58.0 Å². The Morgan fingerprint density at radius 1 is 1.00 bits per heavy atom. The van der Waals surface area contributed by atoms with Gasteiger partial charge in [0.25, 0.3) is 0 Å². The first kappa shape index (κ1) is 7.51. The summed E-state index contributed by atoms with van der Waals surface area (Å²) in [5.74, 6) is 0. The van der Waals surface area contributed by atoms with Crippen LogP contribution in [-0.2, 0) is 0 Å². The summed E-state index contributed by atoms with van der Waals surface area (Å²) in [5.41, 5.74) is 0. The van der Waals surface area contributed by atoms with Crippen LogP contribution in [0.3, 0.4) is 0 Å². The predicted octanol–water partition coefficient (Wildman–Crippen LogP) is 2.66. The zero-order chi connectivity index (χ0) is 3.58. The molecule has 0 amide bonds. The van der Waals surface area contributed by atoms with Crippen LogP contribution in [0.4, 0.5) is 0 Å². The molecule has 0 rings (SSSR count). The maximum absolute atomic E-state index is 2.54. The Balaban J connectivity index is 2.32. The van der Waals surface area contributed by atoms with Crippen LogP contribution in [0.25, 0.3) is 0 Å². The van der Waals surface area contributed by atoms with Crippen molar-refractivity contribution in [1.82, 2.24) is 0 Å². The molecule has 0 aliphatic heterocycles. The molecule has 0 saturated carbocycles. The van der Waals surface area contributed by atoms with Gasteiger partial charge in [-0.2, -0.15) is 0 Å². The monoisotopic (exact) mass is 613 g/mol. The van der Waals surface area contributed by atoms with Gasteiger partial charge in [0.05, 0.1) is 0 Å². The number of rotatable bonds is 0. The molecule has 4 heteroatoms. The fourth-order valence-electron chi connectivity index (χ4n) is 0. The molecule has 0 aliphatic rings. The van der Waals surface area contributed by atoms with Crippen LogP contribution < -0.4 is 0 Å². The first-order valence-corrected chi connectivity index (χ1v) is 35.1. The van der Waals surface area contributed by atoms with Gasteiger partial charge in [-0.05, 0) is 0 Å². The Morgan fingerprint density at radius 2 is 1.00 bits per heavy atom. The molecule has 0 saturated heterocycles. The van der Waals surface area contributed by atoms with E-state index in [0.29, 0.717) is 0 Å². The second-order valence-electron chi connectivity index (χ2n) is 0.214. The van der Waals surface area contributed by atoms with E-state index in [0.717, 1.165) is 0 Å². The molecule has 0 N–H and O–H groups in total. The molecule has 0 spiro atoms. The van der Waals surface area contributed by atoms with Crippen molar-refractivity contribution < 1.29 is 17.7 Å². The second-order valence-corrected chi connectivity index (χ2v) is 88.9. The molecule has 0 aromatic heterocycles. The molecule has 0 radical (unpaired) electrons. The van der Waals surface area contributed by atoms with Gasteiger partial charge in [-0.3, -0.25) is 0 Å². The van der Waals surface area contributed by atoms with E-state index in [1.807, 2.05) is 0 Å². The number of halogens is 3. The van der Waals surface area contributed by atoms with E-state index in [-0.39, 0.29) is 0 Å². The van der Waals surface area contributed by atoms with E-state index in [2.05, 4.69) is 43.2 Å². The zero-order valence-corrected chi connectivity index (χ0v) is 12.2. The van der Waals surface area contributed by atoms with Crippen molar-refractivity contribution in [3.05, 3.63) is 0 Å². The molecule has 25 valence electrons. The third kappa shape index (κ3) is 9.10. The Hall–Kier alpha value is 3.51. The maximum atomic E-state index is 2.54. The summed E-state index contributed by atoms with van der Waals surface area (Å²) < 4.78 is 0. The molecule has 4 heavy (non-hydrogen) atoms. The summed E-state index contributed by atoms with van der Waals surface area (Å²) in [5, 5.41) is 0. The third-order valence-electron chi connectivity index (χ3n) is 0. The van der Waals surface area contributed by atoms with Crippen LogP contribution in [0.2, 0.25) is 0 Å². The summed E-state index contributed by atoms with van der Waals surface area (Å²) in [6, 6.07) is 0. The van der Waals surface area contributed by atoms with Crippen LogP contribution in [0.5, 0.6) is 0 Å². The van der Waals surface area contributed by atoms with Gasteiger partial charge in [0.1, 0.15) is 0 Å². The average molecular weight is 613 g/mol. The molecule has 0 nitrogen and oxygen atoms in total. The summed E-state index contributed by atoms with van der Waals surface area (Å²) in [7, 11) is 0. The van der Waals surface area contributed by atoms with Gasteiger partial charge in [0, 0.05) is 0 Å². The Bertz CT molecular complexity index is 8.00. The molecular formula is I3Th. The van der Waals surface area contributed by atoms with Gasteiger partial charge in [0.15, 0.2) is 0 Å². The van der Waals surface area contributed by atoms with Gasteiger partial charge in [0.2, 0.25) is 0 Å². The Kier molecular flexibility index (Phi) is 8.77. The quantitative estimate of drug-likeness (QED) is 0.370. The van der Waals surface area contributed by atoms with Gasteiger partial charge in [-0.1, -0.05) is 0 Å². The summed E-state index contributed by atoms with van der Waals surface area (Å²) in [6.07, 6.45) is 0. The molecular weight excluding hydrogens is 613 g/mol. The van der Waals surface area contributed by atoms with Crippen molar-refractivity contribution in [3.8, 4) is 0 Å². The second kappa shape index (κ2) is 4.67. The molecule has 0 fully saturated rings. The van der Waals surface area contributed by atoms with Crippen LogP contribution in [0.1, 0.15) is 0 Å². The zero-order valence-electron chi connectivity index (χ0n) is 1.63. The molecule has 0 aliphatic carbocycles. The summed E-state index contributed by atoms with van der Waals surface area (Å²) in [6.45, 7) is 0. The van der Waals surface area contributed by atoms with Crippen LogP contribution in [0, 0.1) is 17.7 Å². The van der Waals surface area contributed by atoms with Gasteiger partial charge >= 0.3 is 60.9 Å². The third-order valence-corrected chi connectivity index (χ3v) is 0. The van der Waals surface area contributed by atoms with Gasteiger partial charge < -0.3 is 0 Å². The van der Waals surface area contributed by atoms with Crippen LogP contribution in [0.15, 0.2) is 0 Å². The van der Waals surface area contributed by atoms with E-state index in [1.54, 1.807) is 0 Å².